The number of hydrogen-bond donors (Lipinski definition) is 1. The molecule has 100 valence electrons. The summed E-state index contributed by atoms with van der Waals surface area (Å²) in [7, 11) is 1.54. The van der Waals surface area contributed by atoms with Crippen LogP contribution in [0, 0.1) is 6.92 Å². The predicted octanol–water partition coefficient (Wildman–Crippen LogP) is 1.77. The highest BCUT2D eigenvalue weighted by Crippen LogP contribution is 2.11. The smallest absolute Gasteiger partial charge is 0.372 e. The SMILES string of the molecule is Cc1ccc(CCc2c(C(=O)O)c(=O)on2C)cc1. The third kappa shape index (κ3) is 2.76. The van der Waals surface area contributed by atoms with Crippen LogP contribution >= 0.6 is 0 Å². The van der Waals surface area contributed by atoms with Crippen LogP contribution in [0.1, 0.15) is 27.2 Å². The molecule has 0 saturated heterocycles. The van der Waals surface area contributed by atoms with Gasteiger partial charge in [-0.1, -0.05) is 29.8 Å². The molecule has 0 aliphatic heterocycles. The predicted molar refractivity (Wildman–Crippen MR) is 69.5 cm³/mol. The summed E-state index contributed by atoms with van der Waals surface area (Å²) < 4.78 is 6.03. The molecule has 2 rings (SSSR count). The number of rotatable bonds is 4. The van der Waals surface area contributed by atoms with Gasteiger partial charge in [0.15, 0.2) is 5.56 Å². The van der Waals surface area contributed by atoms with Gasteiger partial charge < -0.3 is 9.63 Å². The monoisotopic (exact) mass is 261 g/mol. The lowest BCUT2D eigenvalue weighted by atomic mass is 10.0. The molecule has 0 amide bonds. The number of aromatic nitrogens is 1. The normalized spacial score (nSPS) is 10.6. The molecule has 0 spiro atoms. The number of aromatic carboxylic acids is 1. The lowest BCUT2D eigenvalue weighted by Gasteiger charge is -2.03. The van der Waals surface area contributed by atoms with E-state index in [9.17, 15) is 9.59 Å². The molecule has 5 heteroatoms. The summed E-state index contributed by atoms with van der Waals surface area (Å²) in [5, 5.41) is 9.02. The standard InChI is InChI=1S/C14H15NO4/c1-9-3-5-10(6-4-9)7-8-11-12(13(16)17)14(18)19-15(11)2/h3-6H,7-8H2,1-2H3,(H,16,17). The molecule has 0 aliphatic carbocycles. The van der Waals surface area contributed by atoms with Gasteiger partial charge in [0.25, 0.3) is 0 Å². The maximum atomic E-state index is 11.4. The molecule has 0 radical (unpaired) electrons. The minimum Gasteiger partial charge on any atom is -0.477 e. The van der Waals surface area contributed by atoms with Crippen LogP contribution < -0.4 is 5.63 Å². The third-order valence-electron chi connectivity index (χ3n) is 3.08. The Balaban J connectivity index is 2.22. The van der Waals surface area contributed by atoms with E-state index in [0.717, 1.165) is 5.56 Å². The van der Waals surface area contributed by atoms with Crippen molar-refractivity contribution in [1.82, 2.24) is 4.74 Å². The van der Waals surface area contributed by atoms with Crippen LogP contribution in [0.3, 0.4) is 0 Å². The van der Waals surface area contributed by atoms with E-state index in [4.69, 9.17) is 9.63 Å². The van der Waals surface area contributed by atoms with Crippen LogP contribution in [0.5, 0.6) is 0 Å². The van der Waals surface area contributed by atoms with Gasteiger partial charge in [0.05, 0.1) is 5.69 Å². The molecule has 0 bridgehead atoms. The second kappa shape index (κ2) is 5.14. The molecule has 1 N–H and O–H groups in total. The van der Waals surface area contributed by atoms with Crippen molar-refractivity contribution in [3.63, 3.8) is 0 Å². The second-order valence-corrected chi connectivity index (χ2v) is 4.49. The molecule has 1 aromatic heterocycles. The Labute approximate surface area is 110 Å². The van der Waals surface area contributed by atoms with Gasteiger partial charge in [0.1, 0.15) is 0 Å². The van der Waals surface area contributed by atoms with E-state index in [1.807, 2.05) is 31.2 Å². The topological polar surface area (TPSA) is 72.4 Å². The number of carboxylic acids is 1. The third-order valence-corrected chi connectivity index (χ3v) is 3.08. The second-order valence-electron chi connectivity index (χ2n) is 4.49. The molecule has 2 aromatic rings. The van der Waals surface area contributed by atoms with Gasteiger partial charge in [-0.3, -0.25) is 0 Å². The summed E-state index contributed by atoms with van der Waals surface area (Å²) in [6.45, 7) is 2.01. The summed E-state index contributed by atoms with van der Waals surface area (Å²) >= 11 is 0. The van der Waals surface area contributed by atoms with Crippen LogP contribution in [0.15, 0.2) is 33.6 Å². The summed E-state index contributed by atoms with van der Waals surface area (Å²) in [6, 6.07) is 7.99. The molecule has 1 heterocycles. The fourth-order valence-corrected chi connectivity index (χ4v) is 2.01. The molecule has 0 unspecified atom stereocenters. The zero-order chi connectivity index (χ0) is 14.0. The Bertz CT molecular complexity index is 649. The number of nitrogens with zero attached hydrogens (tertiary/aromatic N) is 1. The van der Waals surface area contributed by atoms with Gasteiger partial charge >= 0.3 is 11.6 Å². The maximum Gasteiger partial charge on any atom is 0.372 e. The fraction of sp³-hybridized carbons (Fsp3) is 0.286. The highest BCUT2D eigenvalue weighted by Gasteiger charge is 2.21. The van der Waals surface area contributed by atoms with Crippen molar-refractivity contribution in [1.29, 1.82) is 0 Å². The fourth-order valence-electron chi connectivity index (χ4n) is 2.01. The van der Waals surface area contributed by atoms with Crippen LogP contribution in [0.2, 0.25) is 0 Å². The van der Waals surface area contributed by atoms with Crippen molar-refractivity contribution < 1.29 is 14.4 Å². The Morgan fingerprint density at radius 2 is 1.89 bits per heavy atom. The molecule has 0 saturated carbocycles. The van der Waals surface area contributed by atoms with Gasteiger partial charge in [0, 0.05) is 7.05 Å². The Kier molecular flexibility index (Phi) is 3.55. The van der Waals surface area contributed by atoms with E-state index >= 15 is 0 Å². The van der Waals surface area contributed by atoms with E-state index in [-0.39, 0.29) is 5.56 Å². The van der Waals surface area contributed by atoms with E-state index in [1.165, 1.54) is 17.4 Å². The van der Waals surface area contributed by atoms with Crippen LogP contribution in [0.25, 0.3) is 0 Å². The van der Waals surface area contributed by atoms with Crippen molar-refractivity contribution in [3.8, 4) is 0 Å². The van der Waals surface area contributed by atoms with Crippen molar-refractivity contribution in [2.75, 3.05) is 0 Å². The molecule has 1 aromatic carbocycles. The van der Waals surface area contributed by atoms with Crippen LogP contribution in [-0.2, 0) is 19.9 Å². The van der Waals surface area contributed by atoms with E-state index in [0.29, 0.717) is 18.5 Å². The number of benzene rings is 1. The summed E-state index contributed by atoms with van der Waals surface area (Å²) in [5.41, 5.74) is 1.61. The lowest BCUT2D eigenvalue weighted by Crippen LogP contribution is -2.12. The Morgan fingerprint density at radius 1 is 1.26 bits per heavy atom. The molecular weight excluding hydrogens is 246 g/mol. The zero-order valence-electron chi connectivity index (χ0n) is 10.8. The molecule has 19 heavy (non-hydrogen) atoms. The number of carbonyl (C=O) groups is 1. The summed E-state index contributed by atoms with van der Waals surface area (Å²) in [6.07, 6.45) is 1.11. The average molecular weight is 261 g/mol. The average Bonchev–Trinajstić information content (AvgIpc) is 2.63. The van der Waals surface area contributed by atoms with Gasteiger partial charge in [-0.15, -0.1) is 0 Å². The van der Waals surface area contributed by atoms with Crippen molar-refractivity contribution in [2.24, 2.45) is 7.05 Å². The summed E-state index contributed by atoms with van der Waals surface area (Å²) in [4.78, 5) is 22.4. The van der Waals surface area contributed by atoms with Gasteiger partial charge in [-0.25, -0.2) is 14.3 Å². The number of hydrogen-bond acceptors (Lipinski definition) is 3. The minimum atomic E-state index is -1.24. The highest BCUT2D eigenvalue weighted by atomic mass is 16.5. The number of carboxylic acid groups (broad SMARTS) is 1. The van der Waals surface area contributed by atoms with E-state index in [1.54, 1.807) is 0 Å². The lowest BCUT2D eigenvalue weighted by molar-refractivity contribution is 0.0693. The first-order chi connectivity index (χ1) is 8.99. The van der Waals surface area contributed by atoms with Gasteiger partial charge in [-0.2, -0.15) is 0 Å². The first kappa shape index (κ1) is 13.1. The quantitative estimate of drug-likeness (QED) is 0.910. The van der Waals surface area contributed by atoms with Crippen LogP contribution in [0.4, 0.5) is 0 Å². The first-order valence-electron chi connectivity index (χ1n) is 5.97. The largest absolute Gasteiger partial charge is 0.477 e. The van der Waals surface area contributed by atoms with Gasteiger partial charge in [0.2, 0.25) is 0 Å². The van der Waals surface area contributed by atoms with E-state index in [2.05, 4.69) is 0 Å². The Hall–Kier alpha value is -2.30. The number of aryl methyl sites for hydroxylation is 3. The Morgan fingerprint density at radius 3 is 2.47 bits per heavy atom. The highest BCUT2D eigenvalue weighted by molar-refractivity contribution is 5.88. The van der Waals surface area contributed by atoms with Crippen LogP contribution in [-0.4, -0.2) is 15.8 Å². The minimum absolute atomic E-state index is 0.269. The molecule has 0 aliphatic rings. The maximum absolute atomic E-state index is 11.4. The molecular formula is C14H15NO4. The molecule has 0 fully saturated rings. The van der Waals surface area contributed by atoms with Crippen molar-refractivity contribution in [2.45, 2.75) is 19.8 Å². The van der Waals surface area contributed by atoms with Crippen molar-refractivity contribution >= 4 is 5.97 Å². The van der Waals surface area contributed by atoms with Gasteiger partial charge in [-0.05, 0) is 25.3 Å². The summed E-state index contributed by atoms with van der Waals surface area (Å²) in [5.74, 6) is -1.24. The molecule has 5 nitrogen and oxygen atoms in total. The van der Waals surface area contributed by atoms with E-state index < -0.39 is 11.6 Å². The molecule has 0 atom stereocenters. The van der Waals surface area contributed by atoms with Crippen molar-refractivity contribution in [3.05, 3.63) is 57.1 Å². The first-order valence-corrected chi connectivity index (χ1v) is 5.97. The zero-order valence-corrected chi connectivity index (χ0v) is 10.8.